The fraction of sp³-hybridized carbons (Fsp3) is 0.385. The fourth-order valence-corrected chi connectivity index (χ4v) is 1.82. The number of esters is 1. The summed E-state index contributed by atoms with van der Waals surface area (Å²) in [6.45, 7) is 2.09. The maximum absolute atomic E-state index is 13.4. The Labute approximate surface area is 119 Å². The van der Waals surface area contributed by atoms with Gasteiger partial charge >= 0.3 is 5.97 Å². The first-order valence-corrected chi connectivity index (χ1v) is 6.68. The Kier molecular flexibility index (Phi) is 6.49. The van der Waals surface area contributed by atoms with E-state index in [0.29, 0.717) is 12.2 Å². The van der Waals surface area contributed by atoms with E-state index < -0.39 is 5.97 Å². The van der Waals surface area contributed by atoms with Crippen molar-refractivity contribution in [2.75, 3.05) is 6.61 Å². The van der Waals surface area contributed by atoms with Gasteiger partial charge in [-0.25, -0.2) is 4.39 Å². The number of hydrogen-bond acceptors (Lipinski definition) is 3. The number of hydrogen-bond donors (Lipinski definition) is 1. The van der Waals surface area contributed by atoms with Crippen LogP contribution in [0.5, 0.6) is 0 Å². The number of carbonyl (C=O) groups is 2. The predicted octanol–water partition coefficient (Wildman–Crippen LogP) is 2.55. The van der Waals surface area contributed by atoms with Gasteiger partial charge < -0.3 is 10.1 Å². The van der Waals surface area contributed by atoms with Gasteiger partial charge in [0, 0.05) is 23.0 Å². The number of nitrogens with one attached hydrogen (secondary N) is 1. The van der Waals surface area contributed by atoms with E-state index in [1.807, 2.05) is 0 Å². The Morgan fingerprint density at radius 3 is 2.79 bits per heavy atom. The van der Waals surface area contributed by atoms with Crippen molar-refractivity contribution in [3.63, 3.8) is 0 Å². The zero-order valence-corrected chi connectivity index (χ0v) is 12.1. The highest BCUT2D eigenvalue weighted by molar-refractivity contribution is 9.10. The van der Waals surface area contributed by atoms with Gasteiger partial charge in [-0.05, 0) is 25.1 Å². The molecule has 6 heteroatoms. The molecule has 0 aliphatic heterocycles. The van der Waals surface area contributed by atoms with Gasteiger partial charge in [0.15, 0.2) is 0 Å². The normalized spacial score (nSPS) is 10.1. The standard InChI is InChI=1S/C13H15BrFNO3/c1-2-19-13(18)6-5-12(17)16-8-9-7-10(14)3-4-11(9)15/h3-4,7H,2,5-6,8H2,1H3,(H,16,17). The molecule has 0 bridgehead atoms. The van der Waals surface area contributed by atoms with Gasteiger partial charge in [-0.15, -0.1) is 0 Å². The van der Waals surface area contributed by atoms with Crippen LogP contribution in [-0.4, -0.2) is 18.5 Å². The van der Waals surface area contributed by atoms with Crippen LogP contribution < -0.4 is 5.32 Å². The third-order valence-corrected chi connectivity index (χ3v) is 2.84. The second-order valence-corrected chi connectivity index (χ2v) is 4.73. The fourth-order valence-electron chi connectivity index (χ4n) is 1.41. The van der Waals surface area contributed by atoms with Crippen LogP contribution in [0.25, 0.3) is 0 Å². The van der Waals surface area contributed by atoms with Gasteiger partial charge in [0.1, 0.15) is 5.82 Å². The SMILES string of the molecule is CCOC(=O)CCC(=O)NCc1cc(Br)ccc1F. The van der Waals surface area contributed by atoms with Crippen LogP contribution >= 0.6 is 15.9 Å². The van der Waals surface area contributed by atoms with Crippen molar-refractivity contribution >= 4 is 27.8 Å². The number of halogens is 2. The summed E-state index contributed by atoms with van der Waals surface area (Å²) in [5.74, 6) is -1.10. The second-order valence-electron chi connectivity index (χ2n) is 3.82. The highest BCUT2D eigenvalue weighted by atomic mass is 79.9. The van der Waals surface area contributed by atoms with Crippen molar-refractivity contribution in [3.8, 4) is 0 Å². The molecule has 0 unspecified atom stereocenters. The molecule has 0 spiro atoms. The number of ether oxygens (including phenoxy) is 1. The van der Waals surface area contributed by atoms with Crippen LogP contribution in [0.3, 0.4) is 0 Å². The predicted molar refractivity (Wildman–Crippen MR) is 71.8 cm³/mol. The summed E-state index contributed by atoms with van der Waals surface area (Å²) in [4.78, 5) is 22.5. The highest BCUT2D eigenvalue weighted by Crippen LogP contribution is 2.15. The van der Waals surface area contributed by atoms with Crippen molar-refractivity contribution in [2.24, 2.45) is 0 Å². The molecule has 1 amide bonds. The molecule has 0 fully saturated rings. The molecular weight excluding hydrogens is 317 g/mol. The monoisotopic (exact) mass is 331 g/mol. The molecule has 1 rings (SSSR count). The Balaban J connectivity index is 2.38. The van der Waals surface area contributed by atoms with E-state index in [2.05, 4.69) is 21.2 Å². The summed E-state index contributed by atoms with van der Waals surface area (Å²) in [6.07, 6.45) is 0.0646. The van der Waals surface area contributed by atoms with Gasteiger partial charge in [0.05, 0.1) is 13.0 Å². The molecule has 0 radical (unpaired) electrons. The molecule has 1 aromatic carbocycles. The second kappa shape index (κ2) is 7.89. The Bertz CT molecular complexity index is 465. The van der Waals surface area contributed by atoms with Gasteiger partial charge in [0.25, 0.3) is 0 Å². The molecule has 1 N–H and O–H groups in total. The lowest BCUT2D eigenvalue weighted by Gasteiger charge is -2.07. The molecule has 4 nitrogen and oxygen atoms in total. The molecule has 19 heavy (non-hydrogen) atoms. The van der Waals surface area contributed by atoms with Crippen molar-refractivity contribution in [3.05, 3.63) is 34.1 Å². The Morgan fingerprint density at radius 1 is 1.37 bits per heavy atom. The lowest BCUT2D eigenvalue weighted by molar-refractivity contribution is -0.144. The van der Waals surface area contributed by atoms with Gasteiger partial charge in [0.2, 0.25) is 5.91 Å². The summed E-state index contributed by atoms with van der Waals surface area (Å²) in [7, 11) is 0. The van der Waals surface area contributed by atoms with Gasteiger partial charge in [-0.1, -0.05) is 15.9 Å². The summed E-state index contributed by atoms with van der Waals surface area (Å²) in [6, 6.07) is 4.51. The average molecular weight is 332 g/mol. The first-order chi connectivity index (χ1) is 9.02. The molecule has 0 aliphatic carbocycles. The largest absolute Gasteiger partial charge is 0.466 e. The maximum atomic E-state index is 13.4. The Hall–Kier alpha value is -1.43. The first kappa shape index (κ1) is 15.6. The highest BCUT2D eigenvalue weighted by Gasteiger charge is 2.08. The van der Waals surface area contributed by atoms with Crippen molar-refractivity contribution in [1.29, 1.82) is 0 Å². The minimum atomic E-state index is -0.411. The zero-order chi connectivity index (χ0) is 14.3. The summed E-state index contributed by atoms with van der Waals surface area (Å²) in [5, 5.41) is 2.56. The van der Waals surface area contributed by atoms with Gasteiger partial charge in [-0.2, -0.15) is 0 Å². The third-order valence-electron chi connectivity index (χ3n) is 2.35. The van der Waals surface area contributed by atoms with E-state index in [9.17, 15) is 14.0 Å². The van der Waals surface area contributed by atoms with Crippen molar-refractivity contribution in [2.45, 2.75) is 26.3 Å². The number of carbonyl (C=O) groups excluding carboxylic acids is 2. The smallest absolute Gasteiger partial charge is 0.306 e. The summed E-state index contributed by atoms with van der Waals surface area (Å²) in [5.41, 5.74) is 0.388. The molecule has 0 saturated heterocycles. The first-order valence-electron chi connectivity index (χ1n) is 5.89. The molecule has 104 valence electrons. The van der Waals surface area contributed by atoms with Crippen LogP contribution in [-0.2, 0) is 20.9 Å². The molecule has 0 saturated carbocycles. The van der Waals surface area contributed by atoms with Crippen LogP contribution in [0, 0.1) is 5.82 Å². The van der Waals surface area contributed by atoms with E-state index in [1.165, 1.54) is 6.07 Å². The molecule has 0 aliphatic rings. The number of amides is 1. The molecule has 0 heterocycles. The van der Waals surface area contributed by atoms with Crippen LogP contribution in [0.4, 0.5) is 4.39 Å². The quantitative estimate of drug-likeness (QED) is 0.815. The molecule has 0 atom stereocenters. The van der Waals surface area contributed by atoms with Crippen LogP contribution in [0.1, 0.15) is 25.3 Å². The number of rotatable bonds is 6. The molecule has 0 aromatic heterocycles. The van der Waals surface area contributed by atoms with Crippen LogP contribution in [0.2, 0.25) is 0 Å². The van der Waals surface area contributed by atoms with Crippen molar-refractivity contribution in [1.82, 2.24) is 5.32 Å². The van der Waals surface area contributed by atoms with Gasteiger partial charge in [-0.3, -0.25) is 9.59 Å². The van der Waals surface area contributed by atoms with E-state index in [-0.39, 0.29) is 31.1 Å². The maximum Gasteiger partial charge on any atom is 0.306 e. The molecule has 1 aromatic rings. The average Bonchev–Trinajstić information content (AvgIpc) is 2.38. The zero-order valence-electron chi connectivity index (χ0n) is 10.5. The lowest BCUT2D eigenvalue weighted by atomic mass is 10.2. The third kappa shape index (κ3) is 5.83. The Morgan fingerprint density at radius 2 is 2.11 bits per heavy atom. The summed E-state index contributed by atoms with van der Waals surface area (Å²) >= 11 is 3.23. The number of benzene rings is 1. The summed E-state index contributed by atoms with van der Waals surface area (Å²) < 4.78 is 18.8. The van der Waals surface area contributed by atoms with E-state index in [0.717, 1.165) is 4.47 Å². The van der Waals surface area contributed by atoms with Crippen LogP contribution in [0.15, 0.2) is 22.7 Å². The van der Waals surface area contributed by atoms with E-state index in [1.54, 1.807) is 19.1 Å². The topological polar surface area (TPSA) is 55.4 Å². The van der Waals surface area contributed by atoms with Crippen molar-refractivity contribution < 1.29 is 18.7 Å². The van der Waals surface area contributed by atoms with E-state index >= 15 is 0 Å². The minimum Gasteiger partial charge on any atom is -0.466 e. The lowest BCUT2D eigenvalue weighted by Crippen LogP contribution is -2.24. The minimum absolute atomic E-state index is 0.0284. The molecular formula is C13H15BrFNO3. The van der Waals surface area contributed by atoms with E-state index in [4.69, 9.17) is 4.74 Å².